The van der Waals surface area contributed by atoms with Gasteiger partial charge in [0.05, 0.1) is 6.61 Å². The number of nitrogens with zero attached hydrogens (tertiary/aromatic N) is 3. The van der Waals surface area contributed by atoms with Crippen LogP contribution in [0.3, 0.4) is 0 Å². The number of ether oxygens (including phenoxy) is 1. The maximum atomic E-state index is 13.8. The number of anilines is 1. The van der Waals surface area contributed by atoms with Gasteiger partial charge in [-0.05, 0) is 36.0 Å². The molecule has 7 heteroatoms. The number of hydrogen-bond acceptors (Lipinski definition) is 4. The van der Waals surface area contributed by atoms with Gasteiger partial charge in [0.25, 0.3) is 0 Å². The van der Waals surface area contributed by atoms with Crippen LogP contribution >= 0.6 is 15.9 Å². The zero-order chi connectivity index (χ0) is 17.6. The van der Waals surface area contributed by atoms with Gasteiger partial charge < -0.3 is 9.64 Å². The molecule has 2 atom stereocenters. The lowest BCUT2D eigenvalue weighted by atomic mass is 10.2. The molecule has 1 aliphatic carbocycles. The molecule has 1 saturated heterocycles. The minimum Gasteiger partial charge on any atom is -0.487 e. The first kappa shape index (κ1) is 16.7. The van der Waals surface area contributed by atoms with Crippen molar-refractivity contribution in [1.82, 2.24) is 9.97 Å². The normalized spacial score (nSPS) is 24.3. The number of rotatable bonds is 5. The molecule has 0 spiro atoms. The Balaban J connectivity index is 1.33. The van der Waals surface area contributed by atoms with E-state index in [0.717, 1.165) is 31.0 Å². The highest BCUT2D eigenvalue weighted by molar-refractivity contribution is 9.10. The number of piperidine rings is 1. The van der Waals surface area contributed by atoms with E-state index in [2.05, 4.69) is 37.7 Å². The Morgan fingerprint density at radius 2 is 1.76 bits per heavy atom. The van der Waals surface area contributed by atoms with Crippen molar-refractivity contribution in [3.05, 3.63) is 46.2 Å². The number of halogens is 3. The zero-order valence-corrected chi connectivity index (χ0v) is 15.3. The molecule has 2 unspecified atom stereocenters. The van der Waals surface area contributed by atoms with Crippen molar-refractivity contribution in [3.63, 3.8) is 0 Å². The Kier molecular flexibility index (Phi) is 4.35. The maximum absolute atomic E-state index is 13.8. The molecule has 0 N–H and O–H groups in total. The zero-order valence-electron chi connectivity index (χ0n) is 13.8. The second-order valence-corrected chi connectivity index (χ2v) is 7.57. The molecular formula is C18H18BrF2N3O. The second kappa shape index (κ2) is 6.52. The molecule has 0 bridgehead atoms. The van der Waals surface area contributed by atoms with Gasteiger partial charge in [-0.15, -0.1) is 0 Å². The SMILES string of the molecule is CCc1cnc(N2CC3C(COc4c(F)cc(Br)cc4F)C3C2)nc1. The number of aryl methyl sites for hydroxylation is 1. The van der Waals surface area contributed by atoms with Crippen molar-refractivity contribution >= 4 is 21.9 Å². The van der Waals surface area contributed by atoms with Gasteiger partial charge in [0.15, 0.2) is 17.4 Å². The van der Waals surface area contributed by atoms with E-state index in [9.17, 15) is 8.78 Å². The number of benzene rings is 1. The Hall–Kier alpha value is -1.76. The standard InChI is InChI=1S/C18H18BrF2N3O/c1-2-10-5-22-18(23-6-10)24-7-12-13(8-24)14(12)9-25-17-15(20)3-11(19)4-16(17)21/h3-6,12-14H,2,7-9H2,1H3. The second-order valence-electron chi connectivity index (χ2n) is 6.65. The summed E-state index contributed by atoms with van der Waals surface area (Å²) in [5.41, 5.74) is 1.12. The lowest BCUT2D eigenvalue weighted by Gasteiger charge is -2.20. The highest BCUT2D eigenvalue weighted by atomic mass is 79.9. The molecule has 1 aromatic heterocycles. The predicted molar refractivity (Wildman–Crippen MR) is 93.6 cm³/mol. The molecule has 0 radical (unpaired) electrons. The van der Waals surface area contributed by atoms with Gasteiger partial charge in [0.2, 0.25) is 5.95 Å². The fraction of sp³-hybridized carbons (Fsp3) is 0.444. The lowest BCUT2D eigenvalue weighted by Crippen LogP contribution is -2.27. The fourth-order valence-electron chi connectivity index (χ4n) is 3.60. The van der Waals surface area contributed by atoms with Crippen LogP contribution in [0.25, 0.3) is 0 Å². The molecule has 4 nitrogen and oxygen atoms in total. The van der Waals surface area contributed by atoms with Crippen LogP contribution in [0, 0.1) is 29.4 Å². The van der Waals surface area contributed by atoms with Gasteiger partial charge in [-0.3, -0.25) is 0 Å². The van der Waals surface area contributed by atoms with Crippen molar-refractivity contribution in [1.29, 1.82) is 0 Å². The average molecular weight is 410 g/mol. The van der Waals surface area contributed by atoms with E-state index in [1.54, 1.807) is 0 Å². The van der Waals surface area contributed by atoms with Crippen LogP contribution in [0.1, 0.15) is 12.5 Å². The van der Waals surface area contributed by atoms with Crippen LogP contribution in [-0.2, 0) is 6.42 Å². The van der Waals surface area contributed by atoms with Crippen molar-refractivity contribution < 1.29 is 13.5 Å². The molecule has 25 heavy (non-hydrogen) atoms. The van der Waals surface area contributed by atoms with E-state index >= 15 is 0 Å². The van der Waals surface area contributed by atoms with Crippen molar-refractivity contribution in [2.45, 2.75) is 13.3 Å². The van der Waals surface area contributed by atoms with Crippen molar-refractivity contribution in [3.8, 4) is 5.75 Å². The van der Waals surface area contributed by atoms with Gasteiger partial charge in [-0.25, -0.2) is 18.7 Å². The summed E-state index contributed by atoms with van der Waals surface area (Å²) in [5.74, 6) is 0.422. The van der Waals surface area contributed by atoms with E-state index in [1.807, 2.05) is 12.4 Å². The Morgan fingerprint density at radius 1 is 1.16 bits per heavy atom. The molecule has 4 rings (SSSR count). The van der Waals surface area contributed by atoms with Gasteiger partial charge >= 0.3 is 0 Å². The van der Waals surface area contributed by atoms with Crippen molar-refractivity contribution in [2.24, 2.45) is 17.8 Å². The first-order valence-electron chi connectivity index (χ1n) is 8.40. The molecule has 2 aromatic rings. The summed E-state index contributed by atoms with van der Waals surface area (Å²) in [4.78, 5) is 11.0. The van der Waals surface area contributed by atoms with Crippen molar-refractivity contribution in [2.75, 3.05) is 24.6 Å². The highest BCUT2D eigenvalue weighted by Gasteiger charge is 2.56. The summed E-state index contributed by atoms with van der Waals surface area (Å²) >= 11 is 3.06. The highest BCUT2D eigenvalue weighted by Crippen LogP contribution is 2.52. The number of aromatic nitrogens is 2. The van der Waals surface area contributed by atoms with E-state index in [-0.39, 0.29) is 5.75 Å². The van der Waals surface area contributed by atoms with Crippen LogP contribution in [0.4, 0.5) is 14.7 Å². The van der Waals surface area contributed by atoms with Crippen LogP contribution < -0.4 is 9.64 Å². The molecule has 0 amide bonds. The summed E-state index contributed by atoms with van der Waals surface area (Å²) in [6.45, 7) is 4.16. The van der Waals surface area contributed by atoms with Crippen LogP contribution in [-0.4, -0.2) is 29.7 Å². The molecular weight excluding hydrogens is 392 g/mol. The topological polar surface area (TPSA) is 38.2 Å². The predicted octanol–water partition coefficient (Wildman–Crippen LogP) is 3.84. The third kappa shape index (κ3) is 3.21. The quantitative estimate of drug-likeness (QED) is 0.751. The summed E-state index contributed by atoms with van der Waals surface area (Å²) in [5, 5.41) is 0. The van der Waals surface area contributed by atoms with Gasteiger partial charge in [0.1, 0.15) is 0 Å². The molecule has 2 fully saturated rings. The molecule has 2 heterocycles. The van der Waals surface area contributed by atoms with E-state index in [4.69, 9.17) is 4.74 Å². The average Bonchev–Trinajstić information content (AvgIpc) is 3.04. The van der Waals surface area contributed by atoms with E-state index < -0.39 is 11.6 Å². The maximum Gasteiger partial charge on any atom is 0.225 e. The Morgan fingerprint density at radius 3 is 2.32 bits per heavy atom. The largest absolute Gasteiger partial charge is 0.487 e. The third-order valence-corrected chi connectivity index (χ3v) is 5.60. The molecule has 1 aliphatic heterocycles. The van der Waals surface area contributed by atoms with Gasteiger partial charge in [-0.2, -0.15) is 0 Å². The summed E-state index contributed by atoms with van der Waals surface area (Å²) in [7, 11) is 0. The first-order valence-corrected chi connectivity index (χ1v) is 9.19. The summed E-state index contributed by atoms with van der Waals surface area (Å²) in [6, 6.07) is 2.43. The van der Waals surface area contributed by atoms with Crippen LogP contribution in [0.2, 0.25) is 0 Å². The Labute approximate surface area is 153 Å². The molecule has 1 saturated carbocycles. The van der Waals surface area contributed by atoms with Crippen LogP contribution in [0.5, 0.6) is 5.75 Å². The van der Waals surface area contributed by atoms with E-state index in [0.29, 0.717) is 28.8 Å². The molecule has 2 aliphatic rings. The molecule has 1 aromatic carbocycles. The minimum absolute atomic E-state index is 0.288. The van der Waals surface area contributed by atoms with Crippen LogP contribution in [0.15, 0.2) is 29.0 Å². The fourth-order valence-corrected chi connectivity index (χ4v) is 4.00. The monoisotopic (exact) mass is 409 g/mol. The lowest BCUT2D eigenvalue weighted by molar-refractivity contribution is 0.257. The first-order chi connectivity index (χ1) is 12.1. The summed E-state index contributed by atoms with van der Waals surface area (Å²) in [6.07, 6.45) is 4.66. The third-order valence-electron chi connectivity index (χ3n) is 5.14. The van der Waals surface area contributed by atoms with Gasteiger partial charge in [-0.1, -0.05) is 22.9 Å². The molecule has 132 valence electrons. The minimum atomic E-state index is -0.677. The number of hydrogen-bond donors (Lipinski definition) is 0. The van der Waals surface area contributed by atoms with E-state index in [1.165, 1.54) is 12.1 Å². The number of fused-ring (bicyclic) bond motifs is 1. The Bertz CT molecular complexity index is 751. The van der Waals surface area contributed by atoms with Gasteiger partial charge in [0, 0.05) is 35.9 Å². The summed E-state index contributed by atoms with van der Waals surface area (Å²) < 4.78 is 33.4. The smallest absolute Gasteiger partial charge is 0.225 e.